The third-order valence-corrected chi connectivity index (χ3v) is 3.12. The average Bonchev–Trinajstić information content (AvgIpc) is 2.39. The van der Waals surface area contributed by atoms with Crippen LogP contribution in [0.25, 0.3) is 0 Å². The number of halogens is 2. The van der Waals surface area contributed by atoms with Crippen molar-refractivity contribution in [2.24, 2.45) is 0 Å². The quantitative estimate of drug-likeness (QED) is 0.612. The molecule has 19 heavy (non-hydrogen) atoms. The van der Waals surface area contributed by atoms with Gasteiger partial charge < -0.3 is 4.90 Å². The van der Waals surface area contributed by atoms with Crippen molar-refractivity contribution in [1.82, 2.24) is 4.90 Å². The van der Waals surface area contributed by atoms with E-state index in [1.54, 1.807) is 0 Å². The van der Waals surface area contributed by atoms with Gasteiger partial charge >= 0.3 is 5.69 Å². The fourth-order valence-corrected chi connectivity index (χ4v) is 2.13. The molecule has 102 valence electrons. The Balaban J connectivity index is 2.40. The van der Waals surface area contributed by atoms with E-state index in [1.807, 2.05) is 0 Å². The summed E-state index contributed by atoms with van der Waals surface area (Å²) in [5.74, 6) is -3.29. The summed E-state index contributed by atoms with van der Waals surface area (Å²) in [6.07, 6.45) is 2.50. The van der Waals surface area contributed by atoms with Gasteiger partial charge in [-0.05, 0) is 25.3 Å². The first-order valence-electron chi connectivity index (χ1n) is 5.94. The lowest BCUT2D eigenvalue weighted by atomic mass is 10.1. The van der Waals surface area contributed by atoms with Crippen LogP contribution in [0, 0.1) is 21.7 Å². The summed E-state index contributed by atoms with van der Waals surface area (Å²) in [4.78, 5) is 23.0. The smallest absolute Gasteiger partial charge is 0.305 e. The van der Waals surface area contributed by atoms with Gasteiger partial charge in [0.15, 0.2) is 0 Å². The van der Waals surface area contributed by atoms with Crippen LogP contribution in [0.1, 0.15) is 29.6 Å². The maximum atomic E-state index is 13.9. The number of nitro groups is 1. The van der Waals surface area contributed by atoms with Crippen LogP contribution < -0.4 is 0 Å². The SMILES string of the molecule is O=C(c1c(F)ccc([N+](=O)[O-])c1F)N1CCCCC1. The highest BCUT2D eigenvalue weighted by Crippen LogP contribution is 2.25. The number of nitrogens with zero attached hydrogens (tertiary/aromatic N) is 2. The van der Waals surface area contributed by atoms with Crippen molar-refractivity contribution in [3.63, 3.8) is 0 Å². The molecule has 1 aliphatic rings. The third kappa shape index (κ3) is 2.54. The summed E-state index contributed by atoms with van der Waals surface area (Å²) >= 11 is 0. The van der Waals surface area contributed by atoms with Crippen molar-refractivity contribution in [3.05, 3.63) is 39.4 Å². The zero-order chi connectivity index (χ0) is 14.0. The minimum absolute atomic E-state index is 0.417. The Hall–Kier alpha value is -2.05. The monoisotopic (exact) mass is 270 g/mol. The first kappa shape index (κ1) is 13.4. The van der Waals surface area contributed by atoms with Gasteiger partial charge in [-0.2, -0.15) is 4.39 Å². The first-order chi connectivity index (χ1) is 9.02. The fraction of sp³-hybridized carbons (Fsp3) is 0.417. The van der Waals surface area contributed by atoms with Crippen LogP contribution in [-0.4, -0.2) is 28.8 Å². The van der Waals surface area contributed by atoms with E-state index in [0.29, 0.717) is 13.1 Å². The predicted octanol–water partition coefficient (Wildman–Crippen LogP) is 2.50. The molecule has 0 aliphatic carbocycles. The van der Waals surface area contributed by atoms with Gasteiger partial charge in [-0.3, -0.25) is 14.9 Å². The number of hydrogen-bond acceptors (Lipinski definition) is 3. The van der Waals surface area contributed by atoms with E-state index < -0.39 is 33.7 Å². The summed E-state index contributed by atoms with van der Waals surface area (Å²) in [5, 5.41) is 10.6. The van der Waals surface area contributed by atoms with Crippen molar-refractivity contribution in [1.29, 1.82) is 0 Å². The zero-order valence-electron chi connectivity index (χ0n) is 10.1. The summed E-state index contributed by atoms with van der Waals surface area (Å²) in [5.41, 5.74) is -1.72. The lowest BCUT2D eigenvalue weighted by Crippen LogP contribution is -2.36. The van der Waals surface area contributed by atoms with Crippen LogP contribution in [0.5, 0.6) is 0 Å². The molecule has 1 fully saturated rings. The molecular formula is C12H12F2N2O3. The van der Waals surface area contributed by atoms with E-state index in [9.17, 15) is 23.7 Å². The van der Waals surface area contributed by atoms with Crippen LogP contribution >= 0.6 is 0 Å². The molecule has 1 saturated heterocycles. The van der Waals surface area contributed by atoms with Gasteiger partial charge in [-0.25, -0.2) is 4.39 Å². The van der Waals surface area contributed by atoms with Crippen LogP contribution in [-0.2, 0) is 0 Å². The molecule has 0 aromatic heterocycles. The summed E-state index contributed by atoms with van der Waals surface area (Å²) in [6.45, 7) is 0.834. The largest absolute Gasteiger partial charge is 0.338 e. The van der Waals surface area contributed by atoms with Crippen molar-refractivity contribution in [2.75, 3.05) is 13.1 Å². The molecule has 0 radical (unpaired) electrons. The van der Waals surface area contributed by atoms with Gasteiger partial charge in [0.1, 0.15) is 11.4 Å². The van der Waals surface area contributed by atoms with E-state index in [4.69, 9.17) is 0 Å². The van der Waals surface area contributed by atoms with E-state index in [-0.39, 0.29) is 0 Å². The molecule has 2 rings (SSSR count). The zero-order valence-corrected chi connectivity index (χ0v) is 10.1. The number of rotatable bonds is 2. The molecule has 1 amide bonds. The molecule has 0 spiro atoms. The first-order valence-corrected chi connectivity index (χ1v) is 5.94. The normalized spacial score (nSPS) is 15.4. The molecule has 0 atom stereocenters. The van der Waals surface area contributed by atoms with Crippen molar-refractivity contribution in [2.45, 2.75) is 19.3 Å². The molecule has 5 nitrogen and oxygen atoms in total. The van der Waals surface area contributed by atoms with Crippen molar-refractivity contribution >= 4 is 11.6 Å². The van der Waals surface area contributed by atoms with Crippen LogP contribution in [0.4, 0.5) is 14.5 Å². The molecule has 1 heterocycles. The Morgan fingerprint density at radius 3 is 2.42 bits per heavy atom. The highest BCUT2D eigenvalue weighted by atomic mass is 19.1. The second-order valence-electron chi connectivity index (χ2n) is 4.37. The number of nitro benzene ring substituents is 1. The van der Waals surface area contributed by atoms with Crippen molar-refractivity contribution in [3.8, 4) is 0 Å². The molecule has 7 heteroatoms. The number of carbonyl (C=O) groups excluding carboxylic acids is 1. The Morgan fingerprint density at radius 2 is 1.84 bits per heavy atom. The van der Waals surface area contributed by atoms with Crippen molar-refractivity contribution < 1.29 is 18.5 Å². The number of likely N-dealkylation sites (tertiary alicyclic amines) is 1. The van der Waals surface area contributed by atoms with E-state index in [0.717, 1.165) is 31.4 Å². The second-order valence-corrected chi connectivity index (χ2v) is 4.37. The Kier molecular flexibility index (Phi) is 3.73. The Morgan fingerprint density at radius 1 is 1.21 bits per heavy atom. The molecule has 0 unspecified atom stereocenters. The van der Waals surface area contributed by atoms with Crippen LogP contribution in [0.3, 0.4) is 0 Å². The minimum Gasteiger partial charge on any atom is -0.338 e. The third-order valence-electron chi connectivity index (χ3n) is 3.12. The maximum absolute atomic E-state index is 13.9. The van der Waals surface area contributed by atoms with E-state index >= 15 is 0 Å². The Labute approximate surface area is 108 Å². The number of hydrogen-bond donors (Lipinski definition) is 0. The highest BCUT2D eigenvalue weighted by Gasteiger charge is 2.29. The lowest BCUT2D eigenvalue weighted by Gasteiger charge is -2.26. The number of amides is 1. The molecule has 0 N–H and O–H groups in total. The average molecular weight is 270 g/mol. The highest BCUT2D eigenvalue weighted by molar-refractivity contribution is 5.95. The lowest BCUT2D eigenvalue weighted by molar-refractivity contribution is -0.387. The molecule has 1 aliphatic heterocycles. The van der Waals surface area contributed by atoms with Gasteiger partial charge in [0.2, 0.25) is 5.82 Å². The maximum Gasteiger partial charge on any atom is 0.305 e. The van der Waals surface area contributed by atoms with Gasteiger partial charge in [-0.15, -0.1) is 0 Å². The number of benzene rings is 1. The van der Waals surface area contributed by atoms with Gasteiger partial charge in [-0.1, -0.05) is 0 Å². The molecule has 0 bridgehead atoms. The van der Waals surface area contributed by atoms with Crippen LogP contribution in [0.15, 0.2) is 12.1 Å². The standard InChI is InChI=1S/C12H12F2N2O3/c13-8-4-5-9(16(18)19)11(14)10(8)12(17)15-6-2-1-3-7-15/h4-5H,1-3,6-7H2. The summed E-state index contributed by atoms with van der Waals surface area (Å²) in [6, 6.07) is 1.47. The topological polar surface area (TPSA) is 63.4 Å². The second kappa shape index (κ2) is 5.29. The molecule has 1 aromatic rings. The Bertz CT molecular complexity index is 528. The number of carbonyl (C=O) groups is 1. The molecule has 0 saturated carbocycles. The summed E-state index contributed by atoms with van der Waals surface area (Å²) < 4.78 is 27.4. The van der Waals surface area contributed by atoms with E-state index in [2.05, 4.69) is 0 Å². The molecule has 1 aromatic carbocycles. The van der Waals surface area contributed by atoms with Gasteiger partial charge in [0, 0.05) is 19.2 Å². The van der Waals surface area contributed by atoms with E-state index in [1.165, 1.54) is 4.90 Å². The van der Waals surface area contributed by atoms with Gasteiger partial charge in [0.05, 0.1) is 4.92 Å². The summed E-state index contributed by atoms with van der Waals surface area (Å²) in [7, 11) is 0. The minimum atomic E-state index is -1.40. The fourth-order valence-electron chi connectivity index (χ4n) is 2.13. The predicted molar refractivity (Wildman–Crippen MR) is 62.8 cm³/mol. The molecular weight excluding hydrogens is 258 g/mol. The van der Waals surface area contributed by atoms with Gasteiger partial charge in [0.25, 0.3) is 5.91 Å². The number of piperidine rings is 1. The van der Waals surface area contributed by atoms with Crippen LogP contribution in [0.2, 0.25) is 0 Å².